The van der Waals surface area contributed by atoms with Crippen LogP contribution in [0, 0.1) is 0 Å². The second-order valence-electron chi connectivity index (χ2n) is 4.79. The molecule has 0 saturated carbocycles. The van der Waals surface area contributed by atoms with Crippen molar-refractivity contribution in [1.82, 2.24) is 0 Å². The number of ether oxygens (including phenoxy) is 2. The molecule has 2 heteroatoms. The van der Waals surface area contributed by atoms with Crippen molar-refractivity contribution in [1.29, 1.82) is 0 Å². The molecule has 1 unspecified atom stereocenters. The third-order valence-electron chi connectivity index (χ3n) is 3.12. The number of unbranched alkanes of at least 4 members (excludes halogenated alkanes) is 3. The highest BCUT2D eigenvalue weighted by Crippen LogP contribution is 2.14. The SMILES string of the molecule is COCCCCCCOCC(C)c1ccccc1. The van der Waals surface area contributed by atoms with Gasteiger partial charge >= 0.3 is 0 Å². The smallest absolute Gasteiger partial charge is 0.0532 e. The van der Waals surface area contributed by atoms with Crippen molar-refractivity contribution in [2.45, 2.75) is 38.5 Å². The largest absolute Gasteiger partial charge is 0.385 e. The molecule has 1 aromatic rings. The summed E-state index contributed by atoms with van der Waals surface area (Å²) in [7, 11) is 1.76. The number of methoxy groups -OCH3 is 1. The fourth-order valence-electron chi connectivity index (χ4n) is 1.94. The van der Waals surface area contributed by atoms with Gasteiger partial charge in [-0.15, -0.1) is 0 Å². The summed E-state index contributed by atoms with van der Waals surface area (Å²) < 4.78 is 10.7. The van der Waals surface area contributed by atoms with Gasteiger partial charge in [0, 0.05) is 26.2 Å². The molecule has 0 bridgehead atoms. The predicted octanol–water partition coefficient (Wildman–Crippen LogP) is 4.01. The third kappa shape index (κ3) is 6.77. The number of rotatable bonds is 10. The number of hydrogen-bond donors (Lipinski definition) is 0. The number of benzene rings is 1. The number of hydrogen-bond acceptors (Lipinski definition) is 2. The first-order valence-corrected chi connectivity index (χ1v) is 6.96. The lowest BCUT2D eigenvalue weighted by atomic mass is 10.0. The highest BCUT2D eigenvalue weighted by molar-refractivity contribution is 5.18. The maximum atomic E-state index is 5.73. The second-order valence-corrected chi connectivity index (χ2v) is 4.79. The molecule has 0 aliphatic rings. The lowest BCUT2D eigenvalue weighted by molar-refractivity contribution is 0.118. The van der Waals surface area contributed by atoms with Gasteiger partial charge in [-0.3, -0.25) is 0 Å². The van der Waals surface area contributed by atoms with Gasteiger partial charge in [0.1, 0.15) is 0 Å². The second kappa shape index (κ2) is 10.1. The predicted molar refractivity (Wildman–Crippen MR) is 76.0 cm³/mol. The van der Waals surface area contributed by atoms with Crippen LogP contribution >= 0.6 is 0 Å². The van der Waals surface area contributed by atoms with Crippen molar-refractivity contribution in [2.75, 3.05) is 26.9 Å². The van der Waals surface area contributed by atoms with Crippen LogP contribution in [-0.4, -0.2) is 26.9 Å². The Hall–Kier alpha value is -0.860. The summed E-state index contributed by atoms with van der Waals surface area (Å²) >= 11 is 0. The van der Waals surface area contributed by atoms with Crippen molar-refractivity contribution in [2.24, 2.45) is 0 Å². The Morgan fingerprint density at radius 2 is 1.61 bits per heavy atom. The molecule has 1 rings (SSSR count). The normalized spacial score (nSPS) is 12.6. The molecule has 0 heterocycles. The molecule has 1 aromatic carbocycles. The molecule has 0 amide bonds. The molecular formula is C16H26O2. The van der Waals surface area contributed by atoms with Gasteiger partial charge in [-0.25, -0.2) is 0 Å². The van der Waals surface area contributed by atoms with E-state index in [0.29, 0.717) is 5.92 Å². The molecule has 0 spiro atoms. The Kier molecular flexibility index (Phi) is 8.53. The van der Waals surface area contributed by atoms with Gasteiger partial charge < -0.3 is 9.47 Å². The van der Waals surface area contributed by atoms with Crippen LogP contribution in [0.5, 0.6) is 0 Å². The summed E-state index contributed by atoms with van der Waals surface area (Å²) in [5, 5.41) is 0. The molecule has 0 saturated heterocycles. The van der Waals surface area contributed by atoms with Crippen molar-refractivity contribution in [3.63, 3.8) is 0 Å². The molecule has 102 valence electrons. The molecule has 0 aliphatic carbocycles. The first kappa shape index (κ1) is 15.2. The van der Waals surface area contributed by atoms with Gasteiger partial charge in [-0.2, -0.15) is 0 Å². The maximum Gasteiger partial charge on any atom is 0.0532 e. The summed E-state index contributed by atoms with van der Waals surface area (Å²) in [6.07, 6.45) is 4.80. The minimum absolute atomic E-state index is 0.486. The zero-order valence-electron chi connectivity index (χ0n) is 11.7. The van der Waals surface area contributed by atoms with Crippen LogP contribution in [0.2, 0.25) is 0 Å². The highest BCUT2D eigenvalue weighted by Gasteiger charge is 2.04. The molecule has 2 nitrogen and oxygen atoms in total. The molecule has 0 aromatic heterocycles. The molecule has 0 radical (unpaired) electrons. The van der Waals surface area contributed by atoms with Gasteiger partial charge in [0.2, 0.25) is 0 Å². The van der Waals surface area contributed by atoms with E-state index in [4.69, 9.17) is 9.47 Å². The average molecular weight is 250 g/mol. The van der Waals surface area contributed by atoms with E-state index in [2.05, 4.69) is 37.3 Å². The topological polar surface area (TPSA) is 18.5 Å². The van der Waals surface area contributed by atoms with Crippen molar-refractivity contribution < 1.29 is 9.47 Å². The quantitative estimate of drug-likeness (QED) is 0.584. The lowest BCUT2D eigenvalue weighted by Crippen LogP contribution is -2.05. The van der Waals surface area contributed by atoms with Gasteiger partial charge in [-0.1, -0.05) is 50.1 Å². The zero-order chi connectivity index (χ0) is 13.1. The molecule has 0 N–H and O–H groups in total. The van der Waals surface area contributed by atoms with Crippen LogP contribution in [0.1, 0.15) is 44.1 Å². The Morgan fingerprint density at radius 1 is 0.944 bits per heavy atom. The zero-order valence-corrected chi connectivity index (χ0v) is 11.7. The van der Waals surface area contributed by atoms with Gasteiger partial charge in [0.25, 0.3) is 0 Å². The van der Waals surface area contributed by atoms with Crippen LogP contribution in [0.25, 0.3) is 0 Å². The van der Waals surface area contributed by atoms with Crippen molar-refractivity contribution in [3.05, 3.63) is 35.9 Å². The van der Waals surface area contributed by atoms with Crippen molar-refractivity contribution in [3.8, 4) is 0 Å². The summed E-state index contributed by atoms with van der Waals surface area (Å²) in [6, 6.07) is 10.6. The van der Waals surface area contributed by atoms with Crippen LogP contribution < -0.4 is 0 Å². The van der Waals surface area contributed by atoms with Gasteiger partial charge in [-0.05, 0) is 18.4 Å². The van der Waals surface area contributed by atoms with Gasteiger partial charge in [0.05, 0.1) is 6.61 Å². The van der Waals surface area contributed by atoms with Gasteiger partial charge in [0.15, 0.2) is 0 Å². The Bertz CT molecular complexity index is 284. The minimum atomic E-state index is 0.486. The van der Waals surface area contributed by atoms with Crippen molar-refractivity contribution >= 4 is 0 Å². The van der Waals surface area contributed by atoms with E-state index in [1.165, 1.54) is 18.4 Å². The maximum absolute atomic E-state index is 5.73. The summed E-state index contributed by atoms with van der Waals surface area (Å²) in [6.45, 7) is 4.80. The standard InChI is InChI=1S/C16H26O2/c1-15(16-10-6-5-7-11-16)14-18-13-9-4-3-8-12-17-2/h5-7,10-11,15H,3-4,8-9,12-14H2,1-2H3. The Balaban J connectivity index is 1.98. The van der Waals surface area contributed by atoms with Crippen LogP contribution in [-0.2, 0) is 9.47 Å². The molecule has 18 heavy (non-hydrogen) atoms. The highest BCUT2D eigenvalue weighted by atomic mass is 16.5. The van der Waals surface area contributed by atoms with E-state index >= 15 is 0 Å². The first-order chi connectivity index (χ1) is 8.84. The van der Waals surface area contributed by atoms with E-state index in [9.17, 15) is 0 Å². The summed E-state index contributed by atoms with van der Waals surface area (Å²) in [5.41, 5.74) is 1.36. The van der Waals surface area contributed by atoms with E-state index in [0.717, 1.165) is 32.7 Å². The summed E-state index contributed by atoms with van der Waals surface area (Å²) in [5.74, 6) is 0.486. The fraction of sp³-hybridized carbons (Fsp3) is 0.625. The van der Waals surface area contributed by atoms with E-state index in [-0.39, 0.29) is 0 Å². The third-order valence-corrected chi connectivity index (χ3v) is 3.12. The van der Waals surface area contributed by atoms with E-state index < -0.39 is 0 Å². The van der Waals surface area contributed by atoms with E-state index in [1.54, 1.807) is 7.11 Å². The van der Waals surface area contributed by atoms with Crippen LogP contribution in [0.3, 0.4) is 0 Å². The monoisotopic (exact) mass is 250 g/mol. The average Bonchev–Trinajstić information content (AvgIpc) is 2.42. The minimum Gasteiger partial charge on any atom is -0.385 e. The molecule has 1 atom stereocenters. The molecule has 0 aliphatic heterocycles. The lowest BCUT2D eigenvalue weighted by Gasteiger charge is -2.12. The van der Waals surface area contributed by atoms with Crippen LogP contribution in [0.4, 0.5) is 0 Å². The fourth-order valence-corrected chi connectivity index (χ4v) is 1.94. The molecular weight excluding hydrogens is 224 g/mol. The summed E-state index contributed by atoms with van der Waals surface area (Å²) in [4.78, 5) is 0. The van der Waals surface area contributed by atoms with Crippen LogP contribution in [0.15, 0.2) is 30.3 Å². The Morgan fingerprint density at radius 3 is 2.28 bits per heavy atom. The van der Waals surface area contributed by atoms with E-state index in [1.807, 2.05) is 0 Å². The first-order valence-electron chi connectivity index (χ1n) is 6.96. The molecule has 0 fully saturated rings. The Labute approximate surface area is 111 Å².